The second-order valence-electron chi connectivity index (χ2n) is 8.94. The molecular weight excluding hydrogens is 448 g/mol. The monoisotopic (exact) mass is 486 g/mol. The van der Waals surface area contributed by atoms with Crippen LogP contribution in [0.5, 0.6) is 0 Å². The van der Waals surface area contributed by atoms with E-state index in [-0.39, 0.29) is 38.0 Å². The van der Waals surface area contributed by atoms with Crippen molar-refractivity contribution >= 4 is 35.5 Å². The molecule has 0 aliphatic rings. The van der Waals surface area contributed by atoms with Crippen molar-refractivity contribution < 1.29 is 33.9 Å². The quantitative estimate of drug-likeness (QED) is 0.129. The summed E-state index contributed by atoms with van der Waals surface area (Å²) in [5, 5.41) is 16.7. The van der Waals surface area contributed by atoms with E-state index in [0.717, 1.165) is 0 Å². The normalized spacial score (nSPS) is 14.6. The molecule has 0 aliphatic carbocycles. The SMILES string of the molecule is CC(C)CC(NC(=O)C(N)CCC(N)=O)C(=O)NC(CCC(N)=O)C(=O)NC(C(=O)O)C(C)C. The molecule has 0 saturated heterocycles. The highest BCUT2D eigenvalue weighted by Crippen LogP contribution is 2.09. The highest BCUT2D eigenvalue weighted by atomic mass is 16.4. The summed E-state index contributed by atoms with van der Waals surface area (Å²) < 4.78 is 0. The van der Waals surface area contributed by atoms with E-state index < -0.39 is 65.6 Å². The molecule has 0 spiro atoms. The van der Waals surface area contributed by atoms with Crippen LogP contribution >= 0.6 is 0 Å². The number of carboxylic acids is 1. The number of carbonyl (C=O) groups excluding carboxylic acids is 5. The van der Waals surface area contributed by atoms with Crippen LogP contribution < -0.4 is 33.2 Å². The molecule has 0 heterocycles. The van der Waals surface area contributed by atoms with E-state index in [0.29, 0.717) is 0 Å². The fourth-order valence-electron chi connectivity index (χ4n) is 3.01. The molecule has 10 N–H and O–H groups in total. The number of primary amides is 2. The number of nitrogens with two attached hydrogens (primary N) is 3. The van der Waals surface area contributed by atoms with Crippen LogP contribution in [0.25, 0.3) is 0 Å². The topological polar surface area (TPSA) is 237 Å². The molecule has 0 radical (unpaired) electrons. The van der Waals surface area contributed by atoms with E-state index in [1.807, 2.05) is 13.8 Å². The Balaban J connectivity index is 5.54. The second kappa shape index (κ2) is 14.8. The zero-order valence-corrected chi connectivity index (χ0v) is 20.1. The summed E-state index contributed by atoms with van der Waals surface area (Å²) in [5.41, 5.74) is 16.0. The summed E-state index contributed by atoms with van der Waals surface area (Å²) in [4.78, 5) is 71.7. The van der Waals surface area contributed by atoms with E-state index in [4.69, 9.17) is 17.2 Å². The number of amides is 5. The van der Waals surface area contributed by atoms with Crippen LogP contribution in [0.2, 0.25) is 0 Å². The molecule has 0 saturated carbocycles. The van der Waals surface area contributed by atoms with Gasteiger partial charge in [-0.05, 0) is 31.1 Å². The Morgan fingerprint density at radius 1 is 0.735 bits per heavy atom. The first kappa shape index (κ1) is 30.8. The predicted molar refractivity (Wildman–Crippen MR) is 123 cm³/mol. The minimum Gasteiger partial charge on any atom is -0.480 e. The molecule has 0 aromatic rings. The van der Waals surface area contributed by atoms with Gasteiger partial charge in [0, 0.05) is 12.8 Å². The third-order valence-corrected chi connectivity index (χ3v) is 4.92. The van der Waals surface area contributed by atoms with Crippen molar-refractivity contribution in [2.24, 2.45) is 29.0 Å². The van der Waals surface area contributed by atoms with Crippen LogP contribution in [-0.4, -0.2) is 64.8 Å². The number of carbonyl (C=O) groups is 6. The lowest BCUT2D eigenvalue weighted by molar-refractivity contribution is -0.143. The van der Waals surface area contributed by atoms with Gasteiger partial charge in [0.2, 0.25) is 29.5 Å². The lowest BCUT2D eigenvalue weighted by Gasteiger charge is -2.26. The van der Waals surface area contributed by atoms with E-state index >= 15 is 0 Å². The van der Waals surface area contributed by atoms with Crippen molar-refractivity contribution in [1.29, 1.82) is 0 Å². The van der Waals surface area contributed by atoms with E-state index in [1.54, 1.807) is 13.8 Å². The molecule has 13 nitrogen and oxygen atoms in total. The standard InChI is InChI=1S/C21H38N6O7/c1-10(2)9-14(26-18(30)12(22)5-7-15(23)28)20(32)25-13(6-8-16(24)29)19(31)27-17(11(3)4)21(33)34/h10-14,17H,5-9,22H2,1-4H3,(H2,23,28)(H2,24,29)(H,25,32)(H,26,30)(H,27,31)(H,33,34). The van der Waals surface area contributed by atoms with Gasteiger partial charge < -0.3 is 38.3 Å². The van der Waals surface area contributed by atoms with Crippen molar-refractivity contribution in [3.05, 3.63) is 0 Å². The maximum Gasteiger partial charge on any atom is 0.326 e. The third kappa shape index (κ3) is 12.1. The zero-order chi connectivity index (χ0) is 26.6. The molecule has 34 heavy (non-hydrogen) atoms. The fraction of sp³-hybridized carbons (Fsp3) is 0.714. The number of rotatable bonds is 16. The van der Waals surface area contributed by atoms with Crippen molar-refractivity contribution in [3.63, 3.8) is 0 Å². The Hall–Kier alpha value is -3.22. The average Bonchev–Trinajstić information content (AvgIpc) is 2.70. The molecular formula is C21H38N6O7. The molecule has 0 aliphatic heterocycles. The molecule has 0 rings (SSSR count). The van der Waals surface area contributed by atoms with Gasteiger partial charge in [-0.2, -0.15) is 0 Å². The van der Waals surface area contributed by atoms with Gasteiger partial charge in [-0.3, -0.25) is 24.0 Å². The van der Waals surface area contributed by atoms with Crippen LogP contribution in [0, 0.1) is 11.8 Å². The molecule has 0 fully saturated rings. The summed E-state index contributed by atoms with van der Waals surface area (Å²) >= 11 is 0. The third-order valence-electron chi connectivity index (χ3n) is 4.92. The van der Waals surface area contributed by atoms with Crippen molar-refractivity contribution in [2.75, 3.05) is 0 Å². The average molecular weight is 487 g/mol. The Bertz CT molecular complexity index is 756. The van der Waals surface area contributed by atoms with Gasteiger partial charge in [0.05, 0.1) is 6.04 Å². The van der Waals surface area contributed by atoms with Gasteiger partial charge in [0.15, 0.2) is 0 Å². The van der Waals surface area contributed by atoms with Gasteiger partial charge >= 0.3 is 5.97 Å². The summed E-state index contributed by atoms with van der Waals surface area (Å²) in [7, 11) is 0. The van der Waals surface area contributed by atoms with Gasteiger partial charge in [-0.25, -0.2) is 4.79 Å². The van der Waals surface area contributed by atoms with Crippen LogP contribution in [0.15, 0.2) is 0 Å². The lowest BCUT2D eigenvalue weighted by atomic mass is 10.0. The van der Waals surface area contributed by atoms with E-state index in [9.17, 15) is 33.9 Å². The fourth-order valence-corrected chi connectivity index (χ4v) is 3.01. The molecule has 4 unspecified atom stereocenters. The number of aliphatic carboxylic acids is 1. The summed E-state index contributed by atoms with van der Waals surface area (Å²) in [6, 6.07) is -4.63. The summed E-state index contributed by atoms with van der Waals surface area (Å²) in [5.74, 6) is -5.25. The number of carboxylic acid groups (broad SMARTS) is 1. The van der Waals surface area contributed by atoms with Gasteiger partial charge in [0.1, 0.15) is 18.1 Å². The highest BCUT2D eigenvalue weighted by Gasteiger charge is 2.31. The smallest absolute Gasteiger partial charge is 0.326 e. The first-order valence-electron chi connectivity index (χ1n) is 11.1. The van der Waals surface area contributed by atoms with Crippen LogP contribution in [0.3, 0.4) is 0 Å². The second-order valence-corrected chi connectivity index (χ2v) is 8.94. The molecule has 0 bridgehead atoms. The summed E-state index contributed by atoms with van der Waals surface area (Å²) in [6.07, 6.45) is -0.318. The van der Waals surface area contributed by atoms with Crippen LogP contribution in [0.1, 0.15) is 59.8 Å². The maximum atomic E-state index is 13.0. The Morgan fingerprint density at radius 3 is 1.65 bits per heavy atom. The zero-order valence-electron chi connectivity index (χ0n) is 20.1. The molecule has 4 atom stereocenters. The summed E-state index contributed by atoms with van der Waals surface area (Å²) in [6.45, 7) is 6.84. The van der Waals surface area contributed by atoms with Crippen LogP contribution in [-0.2, 0) is 28.8 Å². The number of nitrogens with one attached hydrogen (secondary N) is 3. The minimum absolute atomic E-state index is 0.00734. The molecule has 0 aromatic heterocycles. The molecule has 13 heteroatoms. The number of hydrogen-bond donors (Lipinski definition) is 7. The first-order chi connectivity index (χ1) is 15.6. The van der Waals surface area contributed by atoms with E-state index in [2.05, 4.69) is 16.0 Å². The Morgan fingerprint density at radius 2 is 1.21 bits per heavy atom. The molecule has 194 valence electrons. The minimum atomic E-state index is -1.27. The van der Waals surface area contributed by atoms with Crippen LogP contribution in [0.4, 0.5) is 0 Å². The van der Waals surface area contributed by atoms with Gasteiger partial charge in [-0.1, -0.05) is 27.7 Å². The van der Waals surface area contributed by atoms with Crippen molar-refractivity contribution in [1.82, 2.24) is 16.0 Å². The van der Waals surface area contributed by atoms with E-state index in [1.165, 1.54) is 0 Å². The van der Waals surface area contributed by atoms with Gasteiger partial charge in [0.25, 0.3) is 0 Å². The predicted octanol–water partition coefficient (Wildman–Crippen LogP) is -1.91. The van der Waals surface area contributed by atoms with Crippen molar-refractivity contribution in [3.8, 4) is 0 Å². The lowest BCUT2D eigenvalue weighted by Crippen LogP contribution is -2.58. The Labute approximate surface area is 198 Å². The maximum absolute atomic E-state index is 13.0. The Kier molecular flexibility index (Phi) is 13.4. The van der Waals surface area contributed by atoms with Crippen molar-refractivity contribution in [2.45, 2.75) is 84.0 Å². The van der Waals surface area contributed by atoms with Gasteiger partial charge in [-0.15, -0.1) is 0 Å². The molecule has 5 amide bonds. The highest BCUT2D eigenvalue weighted by molar-refractivity contribution is 5.94. The molecule has 0 aromatic carbocycles. The number of hydrogen-bond acceptors (Lipinski definition) is 7. The first-order valence-corrected chi connectivity index (χ1v) is 11.1. The largest absolute Gasteiger partial charge is 0.480 e.